The second-order valence-corrected chi connectivity index (χ2v) is 6.86. The minimum absolute atomic E-state index is 0.0253. The Kier molecular flexibility index (Phi) is 4.94. The maximum atomic E-state index is 12.4. The number of nitrogens with zero attached hydrogens (tertiary/aromatic N) is 4. The van der Waals surface area contributed by atoms with Gasteiger partial charge in [-0.25, -0.2) is 4.68 Å². The highest BCUT2D eigenvalue weighted by Crippen LogP contribution is 2.35. The molecule has 10 heteroatoms. The molecule has 0 radical (unpaired) electrons. The number of fused-ring (bicyclic) bond motifs is 1. The molecule has 0 bridgehead atoms. The number of ether oxygens (including phenoxy) is 4. The van der Waals surface area contributed by atoms with E-state index in [2.05, 4.69) is 15.2 Å². The second-order valence-electron chi connectivity index (χ2n) is 6.86. The summed E-state index contributed by atoms with van der Waals surface area (Å²) in [5.74, 6) is 3.06. The molecule has 2 aromatic heterocycles. The summed E-state index contributed by atoms with van der Waals surface area (Å²) in [6, 6.07) is 13.9. The number of methoxy groups -OCH3 is 2. The Bertz CT molecular complexity index is 1350. The zero-order valence-corrected chi connectivity index (χ0v) is 17.3. The molecule has 32 heavy (non-hydrogen) atoms. The normalized spacial score (nSPS) is 12.1. The molecule has 10 nitrogen and oxygen atoms in total. The van der Waals surface area contributed by atoms with Crippen LogP contribution in [0.25, 0.3) is 22.6 Å². The Morgan fingerprint density at radius 1 is 0.938 bits per heavy atom. The molecule has 3 heterocycles. The molecule has 4 aromatic rings. The van der Waals surface area contributed by atoms with Gasteiger partial charge in [0.25, 0.3) is 5.56 Å². The molecule has 0 spiro atoms. The quantitative estimate of drug-likeness (QED) is 0.452. The molecule has 1 aliphatic heterocycles. The highest BCUT2D eigenvalue weighted by Gasteiger charge is 2.16. The fraction of sp³-hybridized carbons (Fsp3) is 0.182. The minimum Gasteiger partial charge on any atom is -0.493 e. The van der Waals surface area contributed by atoms with Crippen LogP contribution in [0.3, 0.4) is 0 Å². The van der Waals surface area contributed by atoms with Gasteiger partial charge in [-0.05, 0) is 42.5 Å². The van der Waals surface area contributed by atoms with Crippen LogP contribution in [0.15, 0.2) is 57.8 Å². The van der Waals surface area contributed by atoms with Crippen molar-refractivity contribution in [2.75, 3.05) is 21.0 Å². The molecular weight excluding hydrogens is 416 g/mol. The first kappa shape index (κ1) is 19.6. The predicted octanol–water partition coefficient (Wildman–Crippen LogP) is 2.75. The summed E-state index contributed by atoms with van der Waals surface area (Å²) >= 11 is 0. The van der Waals surface area contributed by atoms with Crippen LogP contribution >= 0.6 is 0 Å². The van der Waals surface area contributed by atoms with E-state index in [1.54, 1.807) is 38.5 Å². The lowest BCUT2D eigenvalue weighted by molar-refractivity contribution is 0.174. The molecule has 0 fully saturated rings. The second kappa shape index (κ2) is 8.06. The predicted molar refractivity (Wildman–Crippen MR) is 112 cm³/mol. The lowest BCUT2D eigenvalue weighted by atomic mass is 10.1. The van der Waals surface area contributed by atoms with Gasteiger partial charge in [-0.2, -0.15) is 10.1 Å². The zero-order chi connectivity index (χ0) is 22.1. The van der Waals surface area contributed by atoms with Gasteiger partial charge >= 0.3 is 0 Å². The van der Waals surface area contributed by atoms with Crippen LogP contribution in [0.4, 0.5) is 0 Å². The standard InChI is InChI=1S/C22H18N4O6/c1-28-16-6-4-14(10-18(16)29-2)22-23-20(32-25-22)11-26-21(27)8-5-15(24-26)13-3-7-17-19(9-13)31-12-30-17/h3-10H,11-12H2,1-2H3. The maximum absolute atomic E-state index is 12.4. The summed E-state index contributed by atoms with van der Waals surface area (Å²) < 4.78 is 27.9. The van der Waals surface area contributed by atoms with E-state index in [9.17, 15) is 4.79 Å². The molecule has 0 N–H and O–H groups in total. The topological polar surface area (TPSA) is 111 Å². The SMILES string of the molecule is COc1ccc(-c2noc(Cn3nc(-c4ccc5c(c4)OCO5)ccc3=O)n2)cc1OC. The molecule has 0 saturated carbocycles. The van der Waals surface area contributed by atoms with Crippen molar-refractivity contribution in [1.29, 1.82) is 0 Å². The Labute approximate surface area is 181 Å². The number of hydrogen-bond acceptors (Lipinski definition) is 9. The summed E-state index contributed by atoms with van der Waals surface area (Å²) in [6.45, 7) is 0.211. The Morgan fingerprint density at radius 2 is 1.75 bits per heavy atom. The lowest BCUT2D eigenvalue weighted by Gasteiger charge is -2.07. The van der Waals surface area contributed by atoms with Crippen molar-refractivity contribution in [3.63, 3.8) is 0 Å². The smallest absolute Gasteiger partial charge is 0.267 e. The third-order valence-electron chi connectivity index (χ3n) is 4.93. The number of aromatic nitrogens is 4. The number of benzene rings is 2. The molecule has 2 aromatic carbocycles. The Hall–Kier alpha value is -4.34. The summed E-state index contributed by atoms with van der Waals surface area (Å²) in [4.78, 5) is 16.7. The Morgan fingerprint density at radius 3 is 2.59 bits per heavy atom. The van der Waals surface area contributed by atoms with Crippen LogP contribution in [0.5, 0.6) is 23.0 Å². The average molecular weight is 434 g/mol. The third kappa shape index (κ3) is 3.62. The van der Waals surface area contributed by atoms with Crippen LogP contribution in [0, 0.1) is 0 Å². The number of rotatable bonds is 6. The lowest BCUT2D eigenvalue weighted by Crippen LogP contribution is -2.23. The van der Waals surface area contributed by atoms with Gasteiger partial charge in [0, 0.05) is 17.2 Å². The van der Waals surface area contributed by atoms with Gasteiger partial charge in [0.1, 0.15) is 6.54 Å². The monoisotopic (exact) mass is 434 g/mol. The molecule has 162 valence electrons. The molecule has 5 rings (SSSR count). The van der Waals surface area contributed by atoms with Crippen LogP contribution in [-0.4, -0.2) is 40.9 Å². The van der Waals surface area contributed by atoms with Gasteiger partial charge in [-0.1, -0.05) is 5.16 Å². The van der Waals surface area contributed by atoms with Gasteiger partial charge < -0.3 is 23.5 Å². The van der Waals surface area contributed by atoms with Gasteiger partial charge in [0.15, 0.2) is 23.0 Å². The summed E-state index contributed by atoms with van der Waals surface area (Å²) in [5.41, 5.74) is 1.79. The first-order valence-electron chi connectivity index (χ1n) is 9.68. The number of hydrogen-bond donors (Lipinski definition) is 0. The average Bonchev–Trinajstić information content (AvgIpc) is 3.49. The van der Waals surface area contributed by atoms with Crippen LogP contribution in [0.2, 0.25) is 0 Å². The van der Waals surface area contributed by atoms with Crippen molar-refractivity contribution in [3.05, 3.63) is 64.8 Å². The van der Waals surface area contributed by atoms with Crippen molar-refractivity contribution in [3.8, 4) is 45.6 Å². The van der Waals surface area contributed by atoms with Gasteiger partial charge in [0.05, 0.1) is 19.9 Å². The fourth-order valence-corrected chi connectivity index (χ4v) is 3.31. The van der Waals surface area contributed by atoms with Crippen LogP contribution < -0.4 is 24.5 Å². The van der Waals surface area contributed by atoms with E-state index < -0.39 is 0 Å². The summed E-state index contributed by atoms with van der Waals surface area (Å²) in [7, 11) is 3.11. The molecule has 0 atom stereocenters. The molecular formula is C22H18N4O6. The van der Waals surface area contributed by atoms with Gasteiger partial charge in [-0.3, -0.25) is 4.79 Å². The summed E-state index contributed by atoms with van der Waals surface area (Å²) in [5, 5.41) is 8.45. The third-order valence-corrected chi connectivity index (χ3v) is 4.93. The minimum atomic E-state index is -0.291. The maximum Gasteiger partial charge on any atom is 0.267 e. The van der Waals surface area contributed by atoms with E-state index in [4.69, 9.17) is 23.5 Å². The zero-order valence-electron chi connectivity index (χ0n) is 17.3. The van der Waals surface area contributed by atoms with E-state index in [0.29, 0.717) is 40.1 Å². The molecule has 0 aliphatic carbocycles. The molecule has 0 amide bonds. The van der Waals surface area contributed by atoms with Crippen molar-refractivity contribution in [1.82, 2.24) is 19.9 Å². The van der Waals surface area contributed by atoms with Crippen molar-refractivity contribution in [2.24, 2.45) is 0 Å². The van der Waals surface area contributed by atoms with Crippen molar-refractivity contribution in [2.45, 2.75) is 6.54 Å². The first-order valence-corrected chi connectivity index (χ1v) is 9.68. The van der Waals surface area contributed by atoms with E-state index in [0.717, 1.165) is 5.56 Å². The first-order chi connectivity index (χ1) is 15.6. The van der Waals surface area contributed by atoms with Crippen molar-refractivity contribution < 1.29 is 23.5 Å². The van der Waals surface area contributed by atoms with E-state index in [1.165, 1.54) is 10.7 Å². The molecule has 1 aliphatic rings. The van der Waals surface area contributed by atoms with Gasteiger partial charge in [0.2, 0.25) is 18.5 Å². The largest absolute Gasteiger partial charge is 0.493 e. The van der Waals surface area contributed by atoms with Crippen molar-refractivity contribution >= 4 is 0 Å². The van der Waals surface area contributed by atoms with E-state index in [-0.39, 0.29) is 24.8 Å². The molecule has 0 saturated heterocycles. The van der Waals surface area contributed by atoms with Gasteiger partial charge in [-0.15, -0.1) is 0 Å². The highest BCUT2D eigenvalue weighted by atomic mass is 16.7. The van der Waals surface area contributed by atoms with Crippen LogP contribution in [-0.2, 0) is 6.54 Å². The Balaban J connectivity index is 1.41. The fourth-order valence-electron chi connectivity index (χ4n) is 3.31. The van der Waals surface area contributed by atoms with E-state index in [1.807, 2.05) is 18.2 Å². The molecule has 0 unspecified atom stereocenters. The van der Waals surface area contributed by atoms with E-state index >= 15 is 0 Å². The highest BCUT2D eigenvalue weighted by molar-refractivity contribution is 5.64. The summed E-state index contributed by atoms with van der Waals surface area (Å²) in [6.07, 6.45) is 0. The van der Waals surface area contributed by atoms with Crippen LogP contribution in [0.1, 0.15) is 5.89 Å².